The highest BCUT2D eigenvalue weighted by molar-refractivity contribution is 7.90. The van der Waals surface area contributed by atoms with E-state index in [0.29, 0.717) is 32.2 Å². The molecule has 6 nitrogen and oxygen atoms in total. The molecule has 0 bridgehead atoms. The highest BCUT2D eigenvalue weighted by Gasteiger charge is 2.27. The summed E-state index contributed by atoms with van der Waals surface area (Å²) in [6, 6.07) is 7.60. The number of hydrogen-bond donors (Lipinski definition) is 2. The van der Waals surface area contributed by atoms with E-state index >= 15 is 0 Å². The van der Waals surface area contributed by atoms with Crippen LogP contribution in [-0.2, 0) is 26.0 Å². The van der Waals surface area contributed by atoms with Crippen LogP contribution in [0.15, 0.2) is 24.3 Å². The lowest BCUT2D eigenvalue weighted by molar-refractivity contribution is -0.116. The molecule has 1 aromatic carbocycles. The summed E-state index contributed by atoms with van der Waals surface area (Å²) in [4.78, 5) is 22.2. The minimum absolute atomic E-state index is 0.0858. The van der Waals surface area contributed by atoms with Crippen molar-refractivity contribution in [2.24, 2.45) is 0 Å². The predicted molar refractivity (Wildman–Crippen MR) is 105 cm³/mol. The van der Waals surface area contributed by atoms with Crippen molar-refractivity contribution < 1.29 is 18.0 Å². The van der Waals surface area contributed by atoms with Crippen molar-refractivity contribution in [2.45, 2.75) is 64.0 Å². The van der Waals surface area contributed by atoms with E-state index in [1.807, 2.05) is 24.3 Å². The van der Waals surface area contributed by atoms with Crippen molar-refractivity contribution in [2.75, 3.05) is 11.9 Å². The fraction of sp³-hybridized carbons (Fsp3) is 0.579. The average Bonchev–Trinajstić information content (AvgIpc) is 2.55. The highest BCUT2D eigenvalue weighted by atomic mass is 32.2. The first-order valence-electron chi connectivity index (χ1n) is 8.97. The third-order valence-corrected chi connectivity index (χ3v) is 6.15. The first-order chi connectivity index (χ1) is 12.2. The zero-order valence-electron chi connectivity index (χ0n) is 15.9. The number of carbonyl (C=O) groups excluding carboxylic acids is 2. The first kappa shape index (κ1) is 22.3. The van der Waals surface area contributed by atoms with Crippen LogP contribution in [0.5, 0.6) is 0 Å². The molecule has 0 spiro atoms. The van der Waals surface area contributed by atoms with E-state index in [0.717, 1.165) is 30.4 Å². The topological polar surface area (TPSA) is 92.3 Å². The molecule has 1 aromatic rings. The Bertz CT molecular complexity index is 676. The van der Waals surface area contributed by atoms with E-state index in [9.17, 15) is 18.0 Å². The van der Waals surface area contributed by atoms with Crippen LogP contribution in [-0.4, -0.2) is 31.9 Å². The molecule has 2 N–H and O–H groups in total. The molecule has 7 heteroatoms. The Labute approximate surface area is 156 Å². The van der Waals surface area contributed by atoms with Gasteiger partial charge in [-0.2, -0.15) is 0 Å². The van der Waals surface area contributed by atoms with E-state index in [2.05, 4.69) is 10.0 Å². The standard InChI is InChI=1S/C19H30N2O4S/c1-19(2,3)26(24,25)20-14-6-4-9-18(23)21-17-12-10-16(11-13-17)8-5-7-15-22/h10-13,15,20H,4-9,14H2,1-3H3,(H,21,23). The Hall–Kier alpha value is -1.73. The van der Waals surface area contributed by atoms with Gasteiger partial charge in [0.2, 0.25) is 15.9 Å². The van der Waals surface area contributed by atoms with Gasteiger partial charge < -0.3 is 10.1 Å². The Morgan fingerprint density at radius 3 is 2.31 bits per heavy atom. The third-order valence-electron chi connectivity index (χ3n) is 3.95. The Balaban J connectivity index is 2.27. The lowest BCUT2D eigenvalue weighted by Crippen LogP contribution is -2.39. The molecule has 0 aliphatic rings. The van der Waals surface area contributed by atoms with Crippen LogP contribution in [0.2, 0.25) is 0 Å². The lowest BCUT2D eigenvalue weighted by Gasteiger charge is -2.19. The van der Waals surface area contributed by atoms with Gasteiger partial charge in [-0.15, -0.1) is 0 Å². The minimum atomic E-state index is -3.33. The summed E-state index contributed by atoms with van der Waals surface area (Å²) in [5, 5.41) is 2.83. The Morgan fingerprint density at radius 2 is 1.73 bits per heavy atom. The maximum atomic E-state index is 11.9. The molecule has 0 heterocycles. The van der Waals surface area contributed by atoms with E-state index in [4.69, 9.17) is 0 Å². The number of hydrogen-bond acceptors (Lipinski definition) is 4. The number of nitrogens with one attached hydrogen (secondary N) is 2. The van der Waals surface area contributed by atoms with Crippen LogP contribution in [0.3, 0.4) is 0 Å². The number of benzene rings is 1. The summed E-state index contributed by atoms with van der Waals surface area (Å²) in [5.41, 5.74) is 1.87. The average molecular weight is 383 g/mol. The molecule has 0 saturated carbocycles. The van der Waals surface area contributed by atoms with Crippen LogP contribution in [0.25, 0.3) is 0 Å². The van der Waals surface area contributed by atoms with Crippen LogP contribution in [0.4, 0.5) is 5.69 Å². The molecule has 1 amide bonds. The van der Waals surface area contributed by atoms with Crippen LogP contribution < -0.4 is 10.0 Å². The van der Waals surface area contributed by atoms with Gasteiger partial charge in [0.1, 0.15) is 6.29 Å². The van der Waals surface area contributed by atoms with Gasteiger partial charge in [0.25, 0.3) is 0 Å². The third kappa shape index (κ3) is 8.10. The maximum absolute atomic E-state index is 11.9. The molecule has 0 fully saturated rings. The van der Waals surface area contributed by atoms with E-state index in [1.54, 1.807) is 20.8 Å². The summed E-state index contributed by atoms with van der Waals surface area (Å²) in [6.45, 7) is 5.28. The van der Waals surface area contributed by atoms with Crippen LogP contribution >= 0.6 is 0 Å². The van der Waals surface area contributed by atoms with Gasteiger partial charge in [0.15, 0.2) is 0 Å². The number of sulfonamides is 1. The summed E-state index contributed by atoms with van der Waals surface area (Å²) in [5.74, 6) is -0.0858. The van der Waals surface area contributed by atoms with Crippen molar-refractivity contribution in [1.82, 2.24) is 4.72 Å². The van der Waals surface area contributed by atoms with E-state index in [-0.39, 0.29) is 5.91 Å². The number of aldehydes is 1. The second-order valence-corrected chi connectivity index (χ2v) is 9.79. The van der Waals surface area contributed by atoms with E-state index in [1.165, 1.54) is 0 Å². The summed E-state index contributed by atoms with van der Waals surface area (Å²) in [7, 11) is -3.33. The van der Waals surface area contributed by atoms with Gasteiger partial charge in [-0.05, 0) is 64.2 Å². The van der Waals surface area contributed by atoms with Gasteiger partial charge in [-0.3, -0.25) is 4.79 Å². The van der Waals surface area contributed by atoms with Gasteiger partial charge in [0.05, 0.1) is 4.75 Å². The van der Waals surface area contributed by atoms with Crippen LogP contribution in [0.1, 0.15) is 58.4 Å². The summed E-state index contributed by atoms with van der Waals surface area (Å²) >= 11 is 0. The quantitative estimate of drug-likeness (QED) is 0.454. The zero-order valence-corrected chi connectivity index (χ0v) is 16.7. The molecule has 146 valence electrons. The van der Waals surface area contributed by atoms with Gasteiger partial charge >= 0.3 is 0 Å². The highest BCUT2D eigenvalue weighted by Crippen LogP contribution is 2.14. The molecule has 0 aromatic heterocycles. The molecule has 0 atom stereocenters. The number of rotatable bonds is 11. The van der Waals surface area contributed by atoms with Crippen molar-refractivity contribution in [3.05, 3.63) is 29.8 Å². The molecular formula is C19H30N2O4S. The SMILES string of the molecule is CC(C)(C)S(=O)(=O)NCCCCC(=O)Nc1ccc(CCCC=O)cc1. The molecule has 0 unspecified atom stereocenters. The largest absolute Gasteiger partial charge is 0.326 e. The molecular weight excluding hydrogens is 352 g/mol. The normalized spacial score (nSPS) is 12.0. The minimum Gasteiger partial charge on any atom is -0.326 e. The van der Waals surface area contributed by atoms with Crippen LogP contribution in [0, 0.1) is 0 Å². The Morgan fingerprint density at radius 1 is 1.08 bits per heavy atom. The summed E-state index contributed by atoms with van der Waals surface area (Å²) in [6.07, 6.45) is 4.72. The fourth-order valence-electron chi connectivity index (χ4n) is 2.20. The molecule has 0 aliphatic heterocycles. The van der Waals surface area contributed by atoms with Crippen molar-refractivity contribution in [1.29, 1.82) is 0 Å². The van der Waals surface area contributed by atoms with Gasteiger partial charge in [-0.25, -0.2) is 13.1 Å². The molecule has 0 aliphatic carbocycles. The van der Waals surface area contributed by atoms with Gasteiger partial charge in [-0.1, -0.05) is 12.1 Å². The number of aryl methyl sites for hydroxylation is 1. The second-order valence-electron chi connectivity index (χ2n) is 7.27. The van der Waals surface area contributed by atoms with Crippen molar-refractivity contribution in [3.8, 4) is 0 Å². The van der Waals surface area contributed by atoms with E-state index < -0.39 is 14.8 Å². The molecule has 1 rings (SSSR count). The summed E-state index contributed by atoms with van der Waals surface area (Å²) < 4.78 is 25.5. The smallest absolute Gasteiger partial charge is 0.224 e. The molecule has 0 saturated heterocycles. The zero-order chi connectivity index (χ0) is 19.6. The Kier molecular flexibility index (Phi) is 8.95. The first-order valence-corrected chi connectivity index (χ1v) is 10.5. The number of unbranched alkanes of at least 4 members (excludes halogenated alkanes) is 2. The van der Waals surface area contributed by atoms with Gasteiger partial charge in [0, 0.05) is 25.1 Å². The molecule has 26 heavy (non-hydrogen) atoms. The number of anilines is 1. The van der Waals surface area contributed by atoms with Crippen molar-refractivity contribution in [3.63, 3.8) is 0 Å². The molecule has 0 radical (unpaired) electrons. The monoisotopic (exact) mass is 382 g/mol. The number of carbonyl (C=O) groups is 2. The number of amides is 1. The lowest BCUT2D eigenvalue weighted by atomic mass is 10.1. The second kappa shape index (κ2) is 10.4. The fourth-order valence-corrected chi connectivity index (χ4v) is 3.05. The predicted octanol–water partition coefficient (Wildman–Crippen LogP) is 3.03. The van der Waals surface area contributed by atoms with Crippen molar-refractivity contribution >= 4 is 27.9 Å². The maximum Gasteiger partial charge on any atom is 0.224 e.